The van der Waals surface area contributed by atoms with Crippen LogP contribution in [0.5, 0.6) is 5.75 Å². The van der Waals surface area contributed by atoms with Gasteiger partial charge in [-0.2, -0.15) is 4.98 Å². The summed E-state index contributed by atoms with van der Waals surface area (Å²) in [6.07, 6.45) is 5.41. The number of hydrogen-bond donors (Lipinski definition) is 1. The Morgan fingerprint density at radius 2 is 2.03 bits per heavy atom. The normalized spacial score (nSPS) is 14.0. The quantitative estimate of drug-likeness (QED) is 0.476. The van der Waals surface area contributed by atoms with E-state index in [0.717, 1.165) is 16.9 Å². The molecule has 3 heterocycles. The van der Waals surface area contributed by atoms with E-state index in [1.54, 1.807) is 31.6 Å². The van der Waals surface area contributed by atoms with E-state index in [-0.39, 0.29) is 11.4 Å². The Labute approximate surface area is 200 Å². The van der Waals surface area contributed by atoms with Gasteiger partial charge in [0.2, 0.25) is 0 Å². The van der Waals surface area contributed by atoms with Crippen LogP contribution in [-0.4, -0.2) is 37.9 Å². The number of benzene rings is 2. The summed E-state index contributed by atoms with van der Waals surface area (Å²) < 4.78 is 28.7. The lowest BCUT2D eigenvalue weighted by Crippen LogP contribution is -2.29. The number of methoxy groups -OCH3 is 1. The van der Waals surface area contributed by atoms with Crippen molar-refractivity contribution in [3.05, 3.63) is 93.8 Å². The topological polar surface area (TPSA) is 91.4 Å². The first-order chi connectivity index (χ1) is 17.0. The molecule has 5 rings (SSSR count). The number of aryl methyl sites for hydroxylation is 1. The minimum absolute atomic E-state index is 0.156. The van der Waals surface area contributed by atoms with Crippen LogP contribution in [0, 0.1) is 12.7 Å². The molecule has 0 unspecified atom stereocenters. The van der Waals surface area contributed by atoms with Gasteiger partial charge in [-0.05, 0) is 60.5 Å². The maximum absolute atomic E-state index is 13.5. The summed E-state index contributed by atoms with van der Waals surface area (Å²) in [6, 6.07) is 11.5. The van der Waals surface area contributed by atoms with E-state index < -0.39 is 12.2 Å². The number of aliphatic hydroxyl groups is 1. The van der Waals surface area contributed by atoms with E-state index >= 15 is 0 Å². The van der Waals surface area contributed by atoms with Crippen LogP contribution in [0.4, 0.5) is 4.39 Å². The van der Waals surface area contributed by atoms with E-state index in [9.17, 15) is 14.3 Å². The molecule has 0 aliphatic carbocycles. The van der Waals surface area contributed by atoms with Crippen molar-refractivity contribution in [3.8, 4) is 22.7 Å². The molecule has 9 heteroatoms. The highest BCUT2D eigenvalue weighted by atomic mass is 19.1. The third-order valence-electron chi connectivity index (χ3n) is 5.84. The molecule has 0 spiro atoms. The van der Waals surface area contributed by atoms with Crippen LogP contribution in [0.25, 0.3) is 28.8 Å². The predicted molar refractivity (Wildman–Crippen MR) is 128 cm³/mol. The number of aliphatic hydroxyl groups excluding tert-OH is 1. The Kier molecular flexibility index (Phi) is 5.92. The molecule has 0 amide bonds. The predicted octanol–water partition coefficient (Wildman–Crippen LogP) is 3.57. The lowest BCUT2D eigenvalue weighted by atomic mass is 10.1. The molecule has 0 saturated carbocycles. The summed E-state index contributed by atoms with van der Waals surface area (Å²) in [4.78, 5) is 21.3. The van der Waals surface area contributed by atoms with Crippen LogP contribution < -0.4 is 10.3 Å². The monoisotopic (exact) mass is 474 g/mol. The fraction of sp³-hybridized carbons (Fsp3) is 0.192. The summed E-state index contributed by atoms with van der Waals surface area (Å²) in [5.41, 5.74) is 3.22. The summed E-state index contributed by atoms with van der Waals surface area (Å²) in [5, 5.41) is 9.90. The first-order valence-electron chi connectivity index (χ1n) is 11.0. The van der Waals surface area contributed by atoms with Crippen LogP contribution in [0.3, 0.4) is 0 Å². The highest BCUT2D eigenvalue weighted by Crippen LogP contribution is 2.31. The molecule has 2 aromatic heterocycles. The zero-order chi connectivity index (χ0) is 24.5. The average molecular weight is 474 g/mol. The molecule has 2 aromatic carbocycles. The smallest absolute Gasteiger partial charge is 0.279 e. The second-order valence-electron chi connectivity index (χ2n) is 8.10. The Bertz CT molecular complexity index is 1490. The molecule has 35 heavy (non-hydrogen) atoms. The number of halogens is 1. The molecule has 0 radical (unpaired) electrons. The summed E-state index contributed by atoms with van der Waals surface area (Å²) >= 11 is 0. The highest BCUT2D eigenvalue weighted by molar-refractivity contribution is 5.78. The van der Waals surface area contributed by atoms with Gasteiger partial charge in [0.05, 0.1) is 49.2 Å². The van der Waals surface area contributed by atoms with Crippen molar-refractivity contribution in [2.75, 3.05) is 13.7 Å². The molecule has 1 N–H and O–H groups in total. The van der Waals surface area contributed by atoms with Crippen LogP contribution in [0.1, 0.15) is 22.6 Å². The summed E-state index contributed by atoms with van der Waals surface area (Å²) in [5.74, 6) is 1.00. The van der Waals surface area contributed by atoms with Crippen molar-refractivity contribution in [3.63, 3.8) is 0 Å². The molecule has 1 aliphatic rings. The number of ether oxygens (including phenoxy) is 2. The Morgan fingerprint density at radius 1 is 1.23 bits per heavy atom. The van der Waals surface area contributed by atoms with Crippen molar-refractivity contribution < 1.29 is 19.0 Å². The van der Waals surface area contributed by atoms with Gasteiger partial charge in [0.1, 0.15) is 18.2 Å². The van der Waals surface area contributed by atoms with Crippen LogP contribution in [-0.2, 0) is 17.9 Å². The van der Waals surface area contributed by atoms with Crippen LogP contribution >= 0.6 is 0 Å². The molecule has 0 bridgehead atoms. The van der Waals surface area contributed by atoms with Gasteiger partial charge in [0.15, 0.2) is 11.6 Å². The van der Waals surface area contributed by atoms with Crippen molar-refractivity contribution in [2.24, 2.45) is 0 Å². The molecule has 0 fully saturated rings. The van der Waals surface area contributed by atoms with Crippen molar-refractivity contribution in [2.45, 2.75) is 20.1 Å². The van der Waals surface area contributed by atoms with Gasteiger partial charge in [0, 0.05) is 6.20 Å². The molecule has 8 nitrogen and oxygen atoms in total. The third kappa shape index (κ3) is 4.22. The van der Waals surface area contributed by atoms with Crippen LogP contribution in [0.15, 0.2) is 59.8 Å². The summed E-state index contributed by atoms with van der Waals surface area (Å²) in [6.45, 7) is 2.19. The van der Waals surface area contributed by atoms with Gasteiger partial charge in [-0.25, -0.2) is 9.37 Å². The number of hydrogen-bond acceptors (Lipinski definition) is 6. The van der Waals surface area contributed by atoms with Crippen molar-refractivity contribution >= 4 is 11.8 Å². The summed E-state index contributed by atoms with van der Waals surface area (Å²) in [7, 11) is 1.60. The van der Waals surface area contributed by atoms with Crippen molar-refractivity contribution in [1.82, 2.24) is 19.1 Å². The second kappa shape index (κ2) is 9.19. The zero-order valence-electron chi connectivity index (χ0n) is 19.2. The maximum Gasteiger partial charge on any atom is 0.279 e. The molecule has 178 valence electrons. The Morgan fingerprint density at radius 3 is 2.71 bits per heavy atom. The SMILES string of the molecule is COc1cc(/C=C2/OCCn3c2nc(=O)c(CO)c3-c2ccc(F)cc2)ccc1-n1cnc(C)c1. The van der Waals surface area contributed by atoms with Gasteiger partial charge >= 0.3 is 0 Å². The van der Waals surface area contributed by atoms with Crippen molar-refractivity contribution in [1.29, 1.82) is 0 Å². The highest BCUT2D eigenvalue weighted by Gasteiger charge is 2.24. The standard InChI is InChI=1S/C26H23FN4O4/c1-16-13-30(15-28-16)21-8-3-17(11-22(21)34-2)12-23-25-29-26(33)20(14-32)24(31(25)9-10-35-23)18-4-6-19(27)7-5-18/h3-8,11-13,15,32H,9-10,14H2,1-2H3/b23-12+. The fourth-order valence-electron chi connectivity index (χ4n) is 4.20. The molecule has 0 atom stereocenters. The van der Waals surface area contributed by atoms with Gasteiger partial charge in [0.25, 0.3) is 5.56 Å². The van der Waals surface area contributed by atoms with Crippen LogP contribution in [0.2, 0.25) is 0 Å². The van der Waals surface area contributed by atoms with Gasteiger partial charge in [-0.1, -0.05) is 6.07 Å². The lowest BCUT2D eigenvalue weighted by molar-refractivity contribution is 0.233. The van der Waals surface area contributed by atoms with E-state index in [4.69, 9.17) is 9.47 Å². The molecule has 4 aromatic rings. The Hall–Kier alpha value is -4.24. The zero-order valence-corrected chi connectivity index (χ0v) is 19.2. The van der Waals surface area contributed by atoms with E-state index in [1.165, 1.54) is 12.1 Å². The van der Waals surface area contributed by atoms with E-state index in [2.05, 4.69) is 9.97 Å². The van der Waals surface area contributed by atoms with E-state index in [0.29, 0.717) is 41.7 Å². The molecular formula is C26H23FN4O4. The third-order valence-corrected chi connectivity index (χ3v) is 5.84. The lowest BCUT2D eigenvalue weighted by Gasteiger charge is -2.26. The minimum Gasteiger partial charge on any atom is -0.495 e. The average Bonchev–Trinajstić information content (AvgIpc) is 3.30. The number of rotatable bonds is 5. The number of aromatic nitrogens is 4. The number of imidazole rings is 1. The Balaban J connectivity index is 1.62. The first-order valence-corrected chi connectivity index (χ1v) is 11.0. The molecular weight excluding hydrogens is 451 g/mol. The van der Waals surface area contributed by atoms with Gasteiger partial charge in [-0.15, -0.1) is 0 Å². The molecule has 0 saturated heterocycles. The first kappa shape index (κ1) is 22.5. The minimum atomic E-state index is -0.558. The maximum atomic E-state index is 13.5. The second-order valence-corrected chi connectivity index (χ2v) is 8.10. The van der Waals surface area contributed by atoms with Gasteiger partial charge in [-0.3, -0.25) is 4.79 Å². The van der Waals surface area contributed by atoms with Gasteiger partial charge < -0.3 is 23.7 Å². The van der Waals surface area contributed by atoms with E-state index in [1.807, 2.05) is 40.5 Å². The number of fused-ring (bicyclic) bond motifs is 1. The fourth-order valence-corrected chi connectivity index (χ4v) is 4.20. The molecule has 1 aliphatic heterocycles. The largest absolute Gasteiger partial charge is 0.495 e. The number of nitrogens with zero attached hydrogens (tertiary/aromatic N) is 4.